The molecule has 0 saturated carbocycles. The second-order valence-corrected chi connectivity index (χ2v) is 5.25. The molecule has 1 aliphatic heterocycles. The lowest BCUT2D eigenvalue weighted by molar-refractivity contribution is 0.0835. The minimum Gasteiger partial charge on any atom is -0.368 e. The van der Waals surface area contributed by atoms with E-state index in [0.717, 1.165) is 18.2 Å². The molecule has 0 radical (unpaired) electrons. The highest BCUT2D eigenvalue weighted by atomic mass is 16.5. The molecule has 1 aliphatic rings. The maximum absolute atomic E-state index is 12.4. The first-order valence-electron chi connectivity index (χ1n) is 7.20. The van der Waals surface area contributed by atoms with Gasteiger partial charge < -0.3 is 9.26 Å². The molecule has 1 fully saturated rings. The van der Waals surface area contributed by atoms with Crippen molar-refractivity contribution in [3.05, 3.63) is 52.5 Å². The van der Waals surface area contributed by atoms with Crippen molar-refractivity contribution in [1.29, 1.82) is 0 Å². The molecule has 2 aromatic heterocycles. The van der Waals surface area contributed by atoms with Crippen molar-refractivity contribution in [1.82, 2.24) is 19.9 Å². The highest BCUT2D eigenvalue weighted by Crippen LogP contribution is 2.26. The summed E-state index contributed by atoms with van der Waals surface area (Å²) >= 11 is 0. The van der Waals surface area contributed by atoms with Gasteiger partial charge in [-0.2, -0.15) is 10.1 Å². The minimum absolute atomic E-state index is 0.123. The second kappa shape index (κ2) is 5.34. The summed E-state index contributed by atoms with van der Waals surface area (Å²) in [5.74, 6) is 0.900. The Kier molecular flexibility index (Phi) is 3.19. The van der Waals surface area contributed by atoms with Crippen LogP contribution >= 0.6 is 0 Å². The fourth-order valence-electron chi connectivity index (χ4n) is 2.61. The number of ether oxygens (including phenoxy) is 1. The van der Waals surface area contributed by atoms with Crippen LogP contribution in [-0.4, -0.2) is 26.5 Å². The number of benzene rings is 1. The quantitative estimate of drug-likeness (QED) is 0.731. The third kappa shape index (κ3) is 2.29. The van der Waals surface area contributed by atoms with E-state index in [1.807, 2.05) is 18.2 Å². The van der Waals surface area contributed by atoms with Crippen molar-refractivity contribution < 1.29 is 9.26 Å². The van der Waals surface area contributed by atoms with Gasteiger partial charge in [-0.3, -0.25) is 4.79 Å². The molecule has 0 aliphatic carbocycles. The van der Waals surface area contributed by atoms with Crippen molar-refractivity contribution >= 4 is 10.8 Å². The summed E-state index contributed by atoms with van der Waals surface area (Å²) in [4.78, 5) is 16.7. The molecule has 22 heavy (non-hydrogen) atoms. The van der Waals surface area contributed by atoms with Gasteiger partial charge in [-0.05, 0) is 18.9 Å². The molecule has 1 atom stereocenters. The van der Waals surface area contributed by atoms with E-state index in [1.54, 1.807) is 12.3 Å². The van der Waals surface area contributed by atoms with Crippen LogP contribution in [0.2, 0.25) is 0 Å². The van der Waals surface area contributed by atoms with E-state index in [-0.39, 0.29) is 18.2 Å². The predicted molar refractivity (Wildman–Crippen MR) is 77.3 cm³/mol. The Balaban J connectivity index is 1.63. The summed E-state index contributed by atoms with van der Waals surface area (Å²) in [5.41, 5.74) is -0.165. The maximum Gasteiger partial charge on any atom is 0.275 e. The Morgan fingerprint density at radius 1 is 1.32 bits per heavy atom. The van der Waals surface area contributed by atoms with Gasteiger partial charge in [0.1, 0.15) is 12.6 Å². The zero-order valence-corrected chi connectivity index (χ0v) is 11.8. The van der Waals surface area contributed by atoms with Crippen LogP contribution in [0.3, 0.4) is 0 Å². The van der Waals surface area contributed by atoms with Gasteiger partial charge in [-0.15, -0.1) is 0 Å². The fraction of sp³-hybridized carbons (Fsp3) is 0.333. The molecule has 3 heterocycles. The predicted octanol–water partition coefficient (Wildman–Crippen LogP) is 1.68. The van der Waals surface area contributed by atoms with E-state index in [0.29, 0.717) is 23.7 Å². The van der Waals surface area contributed by atoms with Crippen molar-refractivity contribution in [2.45, 2.75) is 25.5 Å². The first-order chi connectivity index (χ1) is 10.8. The number of hydrogen-bond donors (Lipinski definition) is 0. The van der Waals surface area contributed by atoms with Gasteiger partial charge in [0.05, 0.1) is 11.6 Å². The zero-order chi connectivity index (χ0) is 14.9. The average Bonchev–Trinajstić information content (AvgIpc) is 3.21. The lowest BCUT2D eigenvalue weighted by Crippen LogP contribution is -2.23. The first-order valence-corrected chi connectivity index (χ1v) is 7.20. The van der Waals surface area contributed by atoms with Crippen LogP contribution in [0.15, 0.2) is 39.8 Å². The Hall–Kier alpha value is -2.54. The van der Waals surface area contributed by atoms with Gasteiger partial charge in [0.2, 0.25) is 0 Å². The third-order valence-electron chi connectivity index (χ3n) is 3.74. The SMILES string of the molecule is O=c1c2ccccc2cnn1Cc1noc([C@@H]2CCCO2)n1. The van der Waals surface area contributed by atoms with Gasteiger partial charge in [0, 0.05) is 12.0 Å². The molecule has 0 unspecified atom stereocenters. The van der Waals surface area contributed by atoms with Crippen LogP contribution in [0, 0.1) is 0 Å². The summed E-state index contributed by atoms with van der Waals surface area (Å²) in [6.45, 7) is 0.897. The van der Waals surface area contributed by atoms with E-state index in [4.69, 9.17) is 9.26 Å². The topological polar surface area (TPSA) is 83.0 Å². The van der Waals surface area contributed by atoms with Crippen LogP contribution in [0.4, 0.5) is 0 Å². The first kappa shape index (κ1) is 13.1. The zero-order valence-electron chi connectivity index (χ0n) is 11.8. The molecule has 4 rings (SSSR count). The van der Waals surface area contributed by atoms with Crippen molar-refractivity contribution in [2.75, 3.05) is 6.61 Å². The molecule has 3 aromatic rings. The lowest BCUT2D eigenvalue weighted by atomic mass is 10.2. The van der Waals surface area contributed by atoms with Crippen molar-refractivity contribution in [2.24, 2.45) is 0 Å². The standard InChI is InChI=1S/C15H14N4O3/c20-15-11-5-2-1-4-10(11)8-16-19(15)9-13-17-14(22-18-13)12-6-3-7-21-12/h1-2,4-5,8,12H,3,6-7,9H2/t12-/m0/s1. The smallest absolute Gasteiger partial charge is 0.275 e. The van der Waals surface area contributed by atoms with Crippen LogP contribution in [0.1, 0.15) is 30.7 Å². The van der Waals surface area contributed by atoms with Gasteiger partial charge in [0.25, 0.3) is 11.4 Å². The highest BCUT2D eigenvalue weighted by Gasteiger charge is 2.24. The van der Waals surface area contributed by atoms with Gasteiger partial charge in [0.15, 0.2) is 5.82 Å². The molecular formula is C15H14N4O3. The Labute approximate surface area is 125 Å². The van der Waals surface area contributed by atoms with E-state index in [1.165, 1.54) is 4.68 Å². The summed E-state index contributed by atoms with van der Waals surface area (Å²) in [6.07, 6.45) is 3.42. The molecule has 0 N–H and O–H groups in total. The van der Waals surface area contributed by atoms with E-state index in [2.05, 4.69) is 15.2 Å². The molecule has 0 amide bonds. The highest BCUT2D eigenvalue weighted by molar-refractivity contribution is 5.80. The molecule has 7 heteroatoms. The average molecular weight is 298 g/mol. The maximum atomic E-state index is 12.4. The van der Waals surface area contributed by atoms with Crippen molar-refractivity contribution in [3.63, 3.8) is 0 Å². The third-order valence-corrected chi connectivity index (χ3v) is 3.74. The minimum atomic E-state index is -0.165. The van der Waals surface area contributed by atoms with Crippen LogP contribution in [0.5, 0.6) is 0 Å². The lowest BCUT2D eigenvalue weighted by Gasteiger charge is -2.03. The molecular weight excluding hydrogens is 284 g/mol. The van der Waals surface area contributed by atoms with E-state index in [9.17, 15) is 4.79 Å². The Bertz CT molecular complexity index is 864. The number of rotatable bonds is 3. The van der Waals surface area contributed by atoms with Gasteiger partial charge >= 0.3 is 0 Å². The Morgan fingerprint density at radius 3 is 3.09 bits per heavy atom. The normalized spacial score (nSPS) is 18.1. The molecule has 0 spiro atoms. The van der Waals surface area contributed by atoms with Gasteiger partial charge in [-0.25, -0.2) is 4.68 Å². The van der Waals surface area contributed by atoms with E-state index < -0.39 is 0 Å². The number of nitrogens with zero attached hydrogens (tertiary/aromatic N) is 4. The van der Waals surface area contributed by atoms with Crippen molar-refractivity contribution in [3.8, 4) is 0 Å². The molecule has 1 aromatic carbocycles. The monoisotopic (exact) mass is 298 g/mol. The Morgan fingerprint density at radius 2 is 2.23 bits per heavy atom. The summed E-state index contributed by atoms with van der Waals surface area (Å²) in [6, 6.07) is 7.35. The van der Waals surface area contributed by atoms with Crippen LogP contribution in [0.25, 0.3) is 10.8 Å². The molecule has 1 saturated heterocycles. The molecule has 0 bridgehead atoms. The second-order valence-electron chi connectivity index (χ2n) is 5.25. The molecule has 112 valence electrons. The summed E-state index contributed by atoms with van der Waals surface area (Å²) in [5, 5.41) is 9.51. The fourth-order valence-corrected chi connectivity index (χ4v) is 2.61. The summed E-state index contributed by atoms with van der Waals surface area (Å²) in [7, 11) is 0. The summed E-state index contributed by atoms with van der Waals surface area (Å²) < 4.78 is 12.1. The van der Waals surface area contributed by atoms with Crippen LogP contribution in [-0.2, 0) is 11.3 Å². The number of fused-ring (bicyclic) bond motifs is 1. The number of aromatic nitrogens is 4. The number of hydrogen-bond acceptors (Lipinski definition) is 6. The largest absolute Gasteiger partial charge is 0.368 e. The van der Waals surface area contributed by atoms with Crippen LogP contribution < -0.4 is 5.56 Å². The van der Waals surface area contributed by atoms with E-state index >= 15 is 0 Å². The van der Waals surface area contributed by atoms with Gasteiger partial charge in [-0.1, -0.05) is 23.4 Å². The molecule has 7 nitrogen and oxygen atoms in total.